The van der Waals surface area contributed by atoms with Gasteiger partial charge >= 0.3 is 0 Å². The maximum atomic E-state index is 13.2. The van der Waals surface area contributed by atoms with E-state index in [1.165, 1.54) is 0 Å². The molecule has 4 nitrogen and oxygen atoms in total. The van der Waals surface area contributed by atoms with Gasteiger partial charge in [0.2, 0.25) is 5.91 Å². The molecule has 0 saturated carbocycles. The molecule has 2 aromatic carbocycles. The van der Waals surface area contributed by atoms with Crippen LogP contribution in [-0.2, 0) is 16.8 Å². The summed E-state index contributed by atoms with van der Waals surface area (Å²) in [4.78, 5) is 14.9. The summed E-state index contributed by atoms with van der Waals surface area (Å²) < 4.78 is 5.39. The van der Waals surface area contributed by atoms with Crippen LogP contribution < -0.4 is 4.74 Å². The second kappa shape index (κ2) is 8.17. The topological polar surface area (TPSA) is 49.8 Å². The van der Waals surface area contributed by atoms with Gasteiger partial charge in [-0.25, -0.2) is 0 Å². The summed E-state index contributed by atoms with van der Waals surface area (Å²) in [6.45, 7) is 6.48. The van der Waals surface area contributed by atoms with Crippen LogP contribution in [-0.4, -0.2) is 36.2 Å². The Balaban J connectivity index is 2.29. The molecule has 1 amide bonds. The van der Waals surface area contributed by atoms with Crippen LogP contribution in [0.15, 0.2) is 48.5 Å². The van der Waals surface area contributed by atoms with Crippen molar-refractivity contribution in [2.45, 2.75) is 32.7 Å². The van der Waals surface area contributed by atoms with E-state index in [0.29, 0.717) is 6.54 Å². The van der Waals surface area contributed by atoms with Crippen molar-refractivity contribution in [1.29, 1.82) is 0 Å². The van der Waals surface area contributed by atoms with Crippen molar-refractivity contribution in [2.75, 3.05) is 20.3 Å². The Morgan fingerprint density at radius 1 is 1.12 bits per heavy atom. The van der Waals surface area contributed by atoms with Crippen molar-refractivity contribution in [1.82, 2.24) is 4.90 Å². The van der Waals surface area contributed by atoms with E-state index in [1.54, 1.807) is 12.0 Å². The minimum Gasteiger partial charge on any atom is -0.496 e. The van der Waals surface area contributed by atoms with Gasteiger partial charge in [0.15, 0.2) is 0 Å². The van der Waals surface area contributed by atoms with Crippen LogP contribution in [0.4, 0.5) is 0 Å². The molecule has 4 heteroatoms. The molecule has 0 aliphatic heterocycles. The fourth-order valence-corrected chi connectivity index (χ4v) is 2.90. The zero-order valence-corrected chi connectivity index (χ0v) is 15.5. The zero-order valence-electron chi connectivity index (χ0n) is 15.5. The van der Waals surface area contributed by atoms with Gasteiger partial charge in [0.25, 0.3) is 0 Å². The average Bonchev–Trinajstić information content (AvgIpc) is 2.61. The van der Waals surface area contributed by atoms with E-state index in [0.717, 1.165) is 22.4 Å². The number of carbonyl (C=O) groups excluding carboxylic acids is 1. The third-order valence-electron chi connectivity index (χ3n) is 4.52. The molecule has 0 atom stereocenters. The molecule has 25 heavy (non-hydrogen) atoms. The van der Waals surface area contributed by atoms with Crippen molar-refractivity contribution in [2.24, 2.45) is 0 Å². The highest BCUT2D eigenvalue weighted by molar-refractivity contribution is 5.87. The monoisotopic (exact) mass is 341 g/mol. The largest absolute Gasteiger partial charge is 0.496 e. The van der Waals surface area contributed by atoms with Gasteiger partial charge in [0.1, 0.15) is 5.75 Å². The summed E-state index contributed by atoms with van der Waals surface area (Å²) >= 11 is 0. The van der Waals surface area contributed by atoms with E-state index in [1.807, 2.05) is 69.3 Å². The second-order valence-corrected chi connectivity index (χ2v) is 6.75. The molecule has 0 saturated heterocycles. The number of aryl methyl sites for hydroxylation is 1. The SMILES string of the molecule is COc1ccccc1CN(CCO)C(=O)C(C)(C)c1ccc(C)cc1. The summed E-state index contributed by atoms with van der Waals surface area (Å²) in [6.07, 6.45) is 0. The first-order chi connectivity index (χ1) is 11.9. The molecule has 0 aliphatic carbocycles. The van der Waals surface area contributed by atoms with Crippen LogP contribution >= 0.6 is 0 Å². The van der Waals surface area contributed by atoms with E-state index in [2.05, 4.69) is 0 Å². The molecule has 2 aromatic rings. The molecule has 0 aliphatic rings. The first-order valence-electron chi connectivity index (χ1n) is 8.49. The van der Waals surface area contributed by atoms with Crippen molar-refractivity contribution in [3.8, 4) is 5.75 Å². The lowest BCUT2D eigenvalue weighted by atomic mass is 9.82. The number of nitrogens with zero attached hydrogens (tertiary/aromatic N) is 1. The molecule has 0 fully saturated rings. The van der Waals surface area contributed by atoms with Gasteiger partial charge < -0.3 is 14.7 Å². The highest BCUT2D eigenvalue weighted by atomic mass is 16.5. The van der Waals surface area contributed by atoms with Crippen LogP contribution in [0.25, 0.3) is 0 Å². The van der Waals surface area contributed by atoms with Crippen LogP contribution in [0, 0.1) is 6.92 Å². The van der Waals surface area contributed by atoms with Crippen molar-refractivity contribution >= 4 is 5.91 Å². The molecule has 0 radical (unpaired) electrons. The lowest BCUT2D eigenvalue weighted by Gasteiger charge is -2.32. The summed E-state index contributed by atoms with van der Waals surface area (Å²) in [5, 5.41) is 9.44. The Kier molecular flexibility index (Phi) is 6.21. The van der Waals surface area contributed by atoms with Gasteiger partial charge in [-0.1, -0.05) is 48.0 Å². The van der Waals surface area contributed by atoms with E-state index < -0.39 is 5.41 Å². The minimum atomic E-state index is -0.676. The van der Waals surface area contributed by atoms with E-state index in [9.17, 15) is 9.90 Å². The summed E-state index contributed by atoms with van der Waals surface area (Å²) in [7, 11) is 1.62. The predicted molar refractivity (Wildman–Crippen MR) is 99.7 cm³/mol. The third kappa shape index (κ3) is 4.40. The normalized spacial score (nSPS) is 11.2. The Labute approximate surface area is 150 Å². The lowest BCUT2D eigenvalue weighted by Crippen LogP contribution is -2.44. The standard InChI is InChI=1S/C21H27NO3/c1-16-9-11-18(12-10-16)21(2,3)20(24)22(13-14-23)15-17-7-5-6-8-19(17)25-4/h5-12,23H,13-15H2,1-4H3. The Morgan fingerprint density at radius 3 is 2.36 bits per heavy atom. The maximum absolute atomic E-state index is 13.2. The van der Waals surface area contributed by atoms with Crippen LogP contribution in [0.2, 0.25) is 0 Å². The minimum absolute atomic E-state index is 0.0173. The van der Waals surface area contributed by atoms with E-state index in [4.69, 9.17) is 4.74 Å². The van der Waals surface area contributed by atoms with Crippen molar-refractivity contribution in [3.63, 3.8) is 0 Å². The summed E-state index contributed by atoms with van der Waals surface area (Å²) in [5.74, 6) is 0.725. The van der Waals surface area contributed by atoms with Gasteiger partial charge in [-0.05, 0) is 32.4 Å². The van der Waals surface area contributed by atoms with Crippen molar-refractivity contribution in [3.05, 3.63) is 65.2 Å². The first-order valence-corrected chi connectivity index (χ1v) is 8.49. The number of para-hydroxylation sites is 1. The number of aliphatic hydroxyl groups is 1. The molecule has 0 bridgehead atoms. The Morgan fingerprint density at radius 2 is 1.76 bits per heavy atom. The fourth-order valence-electron chi connectivity index (χ4n) is 2.90. The molecular formula is C21H27NO3. The molecule has 0 unspecified atom stereocenters. The number of methoxy groups -OCH3 is 1. The van der Waals surface area contributed by atoms with Crippen molar-refractivity contribution < 1.29 is 14.6 Å². The second-order valence-electron chi connectivity index (χ2n) is 6.75. The van der Waals surface area contributed by atoms with Crippen LogP contribution in [0.1, 0.15) is 30.5 Å². The molecular weight excluding hydrogens is 314 g/mol. The quantitative estimate of drug-likeness (QED) is 0.841. The number of benzene rings is 2. The molecule has 0 aromatic heterocycles. The van der Waals surface area contributed by atoms with Gasteiger partial charge in [-0.2, -0.15) is 0 Å². The lowest BCUT2D eigenvalue weighted by molar-refractivity contribution is -0.137. The highest BCUT2D eigenvalue weighted by Crippen LogP contribution is 2.28. The number of amides is 1. The first kappa shape index (κ1) is 19.0. The number of carbonyl (C=O) groups is 1. The average molecular weight is 341 g/mol. The smallest absolute Gasteiger partial charge is 0.233 e. The predicted octanol–water partition coefficient (Wildman–Crippen LogP) is 3.30. The molecule has 0 spiro atoms. The fraction of sp³-hybridized carbons (Fsp3) is 0.381. The molecule has 2 rings (SSSR count). The van der Waals surface area contributed by atoms with E-state index in [-0.39, 0.29) is 19.1 Å². The molecule has 0 heterocycles. The van der Waals surface area contributed by atoms with Gasteiger partial charge in [0, 0.05) is 18.7 Å². The Bertz CT molecular complexity index is 707. The summed E-state index contributed by atoms with van der Waals surface area (Å²) in [5.41, 5.74) is 2.37. The number of aliphatic hydroxyl groups excluding tert-OH is 1. The summed E-state index contributed by atoms with van der Waals surface area (Å²) in [6, 6.07) is 15.7. The number of ether oxygens (including phenoxy) is 1. The number of hydrogen-bond acceptors (Lipinski definition) is 3. The van der Waals surface area contributed by atoms with E-state index >= 15 is 0 Å². The number of rotatable bonds is 7. The third-order valence-corrected chi connectivity index (χ3v) is 4.52. The molecule has 1 N–H and O–H groups in total. The van der Waals surface area contributed by atoms with Gasteiger partial charge in [-0.3, -0.25) is 4.79 Å². The van der Waals surface area contributed by atoms with Crippen LogP contribution in [0.3, 0.4) is 0 Å². The Hall–Kier alpha value is -2.33. The van der Waals surface area contributed by atoms with Crippen LogP contribution in [0.5, 0.6) is 5.75 Å². The molecule has 134 valence electrons. The zero-order chi connectivity index (χ0) is 18.4. The van der Waals surface area contributed by atoms with Gasteiger partial charge in [-0.15, -0.1) is 0 Å². The number of hydrogen-bond donors (Lipinski definition) is 1. The van der Waals surface area contributed by atoms with Gasteiger partial charge in [0.05, 0.1) is 19.1 Å². The maximum Gasteiger partial charge on any atom is 0.233 e. The highest BCUT2D eigenvalue weighted by Gasteiger charge is 2.33.